The van der Waals surface area contributed by atoms with Crippen LogP contribution in [-0.4, -0.2) is 72.0 Å². The van der Waals surface area contributed by atoms with E-state index in [0.29, 0.717) is 12.6 Å². The highest BCUT2D eigenvalue weighted by Gasteiger charge is 2.38. The summed E-state index contributed by atoms with van der Waals surface area (Å²) in [6.45, 7) is -0.560. The second-order valence-electron chi connectivity index (χ2n) is 3.66. The smallest absolute Gasteiger partial charge is 0.279 e. The van der Waals surface area contributed by atoms with Crippen molar-refractivity contribution in [1.82, 2.24) is 4.90 Å². The molecule has 0 fully saturated rings. The van der Waals surface area contributed by atoms with E-state index in [9.17, 15) is 14.4 Å². The first-order valence-electron chi connectivity index (χ1n) is 5.34. The Morgan fingerprint density at radius 3 is 2.89 bits per heavy atom. The maximum atomic E-state index is 11.4. The summed E-state index contributed by atoms with van der Waals surface area (Å²) in [5, 5.41) is 8.86. The Hall–Kier alpha value is -2.26. The molecule has 2 aliphatic rings. The third-order valence-electron chi connectivity index (χ3n) is 2.49. The van der Waals surface area contributed by atoms with Crippen molar-refractivity contribution in [1.29, 1.82) is 0 Å². The van der Waals surface area contributed by atoms with Gasteiger partial charge in [0.15, 0.2) is 24.8 Å². The average molecular weight is 266 g/mol. The second kappa shape index (κ2) is 5.59. The zero-order valence-electron chi connectivity index (χ0n) is 9.62. The summed E-state index contributed by atoms with van der Waals surface area (Å²) in [6.07, 6.45) is 0.718. The van der Waals surface area contributed by atoms with Gasteiger partial charge in [-0.3, -0.25) is 19.5 Å². The number of ether oxygens (including phenoxy) is 1. The number of nitrogens with zero attached hydrogens (tertiary/aromatic N) is 4. The Labute approximate surface area is 107 Å². The molecule has 1 amide bonds. The van der Waals surface area contributed by atoms with Gasteiger partial charge < -0.3 is 14.6 Å². The summed E-state index contributed by atoms with van der Waals surface area (Å²) < 4.78 is 5.08. The second-order valence-corrected chi connectivity index (χ2v) is 3.66. The number of rotatable bonds is 6. The molecular weight excluding hydrogens is 256 g/mol. The minimum absolute atomic E-state index is 0.194. The molecule has 19 heavy (non-hydrogen) atoms. The molecular formula is C10H10N4O5. The average Bonchev–Trinajstić information content (AvgIpc) is 2.86. The van der Waals surface area contributed by atoms with Gasteiger partial charge in [-0.25, -0.2) is 4.99 Å². The molecule has 1 N–H and O–H groups in total. The van der Waals surface area contributed by atoms with E-state index in [4.69, 9.17) is 9.84 Å². The first-order chi connectivity index (χ1) is 9.21. The van der Waals surface area contributed by atoms with Crippen LogP contribution in [0.25, 0.3) is 0 Å². The maximum absolute atomic E-state index is 11.4. The molecule has 100 valence electrons. The van der Waals surface area contributed by atoms with Crippen LogP contribution in [0.5, 0.6) is 0 Å². The molecule has 0 aliphatic carbocycles. The lowest BCUT2D eigenvalue weighted by Crippen LogP contribution is -2.46. The number of amides is 1. The lowest BCUT2D eigenvalue weighted by molar-refractivity contribution is -0.139. The van der Waals surface area contributed by atoms with Crippen molar-refractivity contribution in [3.63, 3.8) is 0 Å². The lowest BCUT2D eigenvalue weighted by atomic mass is 10.2. The zero-order valence-corrected chi connectivity index (χ0v) is 9.62. The van der Waals surface area contributed by atoms with Crippen molar-refractivity contribution >= 4 is 37.0 Å². The maximum Gasteiger partial charge on any atom is 0.279 e. The molecule has 9 nitrogen and oxygen atoms in total. The van der Waals surface area contributed by atoms with Gasteiger partial charge in [0.1, 0.15) is 18.3 Å². The number of hydrogen-bond acceptors (Lipinski definition) is 8. The van der Waals surface area contributed by atoms with E-state index in [1.165, 1.54) is 11.2 Å². The van der Waals surface area contributed by atoms with Crippen LogP contribution in [0.3, 0.4) is 0 Å². The van der Waals surface area contributed by atoms with Gasteiger partial charge in [-0.05, 0) is 0 Å². The number of carbonyl (C=O) groups is 3. The van der Waals surface area contributed by atoms with Gasteiger partial charge in [0.25, 0.3) is 5.91 Å². The Morgan fingerprint density at radius 2 is 2.26 bits per heavy atom. The summed E-state index contributed by atoms with van der Waals surface area (Å²) >= 11 is 0. The topological polar surface area (TPSA) is 121 Å². The fourth-order valence-electron chi connectivity index (χ4n) is 1.59. The number of hydrogen-bond donors (Lipinski definition) is 1. The van der Waals surface area contributed by atoms with Gasteiger partial charge in [-0.15, -0.1) is 0 Å². The Kier molecular flexibility index (Phi) is 3.88. The standard InChI is InChI=1S/C10H10N4O5/c15-1-6(2-16)19-7(3-17)14-5-13-8-9(14)11-4-12-10(8)18/h1,3-8,16H,2H2/t6-,7+,8?/m0/s1. The number of aldehydes is 2. The number of aliphatic hydroxyl groups is 1. The van der Waals surface area contributed by atoms with Crippen LogP contribution in [0.1, 0.15) is 0 Å². The Bertz CT molecular complexity index is 486. The highest BCUT2D eigenvalue weighted by Crippen LogP contribution is 2.15. The van der Waals surface area contributed by atoms with Gasteiger partial charge >= 0.3 is 0 Å². The van der Waals surface area contributed by atoms with Crippen LogP contribution in [0.15, 0.2) is 15.0 Å². The van der Waals surface area contributed by atoms with E-state index in [-0.39, 0.29) is 5.84 Å². The fraction of sp³-hybridized carbons (Fsp3) is 0.400. The van der Waals surface area contributed by atoms with Gasteiger partial charge in [-0.2, -0.15) is 4.99 Å². The summed E-state index contributed by atoms with van der Waals surface area (Å²) in [5.74, 6) is -0.304. The van der Waals surface area contributed by atoms with Crippen molar-refractivity contribution in [2.45, 2.75) is 18.4 Å². The largest absolute Gasteiger partial charge is 0.393 e. The number of aliphatic hydroxyl groups excluding tert-OH is 1. The van der Waals surface area contributed by atoms with E-state index in [2.05, 4.69) is 15.0 Å². The first-order valence-corrected chi connectivity index (χ1v) is 5.34. The fourth-order valence-corrected chi connectivity index (χ4v) is 1.59. The number of carbonyl (C=O) groups excluding carboxylic acids is 3. The van der Waals surface area contributed by atoms with Gasteiger partial charge in [0.2, 0.25) is 0 Å². The molecule has 9 heteroatoms. The molecule has 0 aromatic carbocycles. The van der Waals surface area contributed by atoms with E-state index in [1.807, 2.05) is 0 Å². The molecule has 0 saturated heterocycles. The Balaban J connectivity index is 2.16. The predicted molar refractivity (Wildman–Crippen MR) is 62.9 cm³/mol. The molecule has 0 aromatic heterocycles. The van der Waals surface area contributed by atoms with Crippen molar-refractivity contribution in [3.05, 3.63) is 0 Å². The SMILES string of the molecule is O=C[C@@H](CO)O[C@H](C=O)N1C=NC2C(=O)N=CN=C21. The summed E-state index contributed by atoms with van der Waals surface area (Å²) in [7, 11) is 0. The number of amidine groups is 1. The van der Waals surface area contributed by atoms with Crippen LogP contribution in [0.4, 0.5) is 0 Å². The highest BCUT2D eigenvalue weighted by atomic mass is 16.5. The van der Waals surface area contributed by atoms with Crippen molar-refractivity contribution in [2.75, 3.05) is 6.61 Å². The normalized spacial score (nSPS) is 23.8. The molecule has 0 aromatic rings. The first kappa shape index (κ1) is 13.2. The molecule has 1 unspecified atom stereocenters. The summed E-state index contributed by atoms with van der Waals surface area (Å²) in [6, 6.07) is -0.889. The number of fused-ring (bicyclic) bond motifs is 1. The van der Waals surface area contributed by atoms with Crippen LogP contribution < -0.4 is 0 Å². The van der Waals surface area contributed by atoms with Gasteiger partial charge in [-0.1, -0.05) is 0 Å². The molecule has 2 heterocycles. The minimum Gasteiger partial charge on any atom is -0.393 e. The van der Waals surface area contributed by atoms with E-state index in [0.717, 1.165) is 6.34 Å². The van der Waals surface area contributed by atoms with Gasteiger partial charge in [0, 0.05) is 0 Å². The number of aliphatic imine (C=N–C) groups is 3. The van der Waals surface area contributed by atoms with Crippen molar-refractivity contribution in [2.24, 2.45) is 15.0 Å². The van der Waals surface area contributed by atoms with Crippen LogP contribution in [-0.2, 0) is 19.1 Å². The molecule has 2 rings (SSSR count). The monoisotopic (exact) mass is 266 g/mol. The molecule has 0 bridgehead atoms. The molecule has 0 spiro atoms. The lowest BCUT2D eigenvalue weighted by Gasteiger charge is -2.25. The minimum atomic E-state index is -1.20. The van der Waals surface area contributed by atoms with E-state index in [1.54, 1.807) is 0 Å². The van der Waals surface area contributed by atoms with E-state index >= 15 is 0 Å². The molecule has 3 atom stereocenters. The molecule has 2 aliphatic heterocycles. The third-order valence-corrected chi connectivity index (χ3v) is 2.49. The van der Waals surface area contributed by atoms with Crippen LogP contribution >= 0.6 is 0 Å². The highest BCUT2D eigenvalue weighted by molar-refractivity contribution is 6.19. The van der Waals surface area contributed by atoms with Crippen LogP contribution in [0, 0.1) is 0 Å². The molecule has 0 saturated carbocycles. The van der Waals surface area contributed by atoms with Crippen LogP contribution in [0.2, 0.25) is 0 Å². The third kappa shape index (κ3) is 2.46. The zero-order chi connectivity index (χ0) is 13.8. The quantitative estimate of drug-likeness (QED) is 0.543. The predicted octanol–water partition coefficient (Wildman–Crippen LogP) is -2.23. The van der Waals surface area contributed by atoms with E-state index < -0.39 is 30.9 Å². The molecule has 0 radical (unpaired) electrons. The van der Waals surface area contributed by atoms with Gasteiger partial charge in [0.05, 0.1) is 12.9 Å². The van der Waals surface area contributed by atoms with Crippen molar-refractivity contribution < 1.29 is 24.2 Å². The Morgan fingerprint density at radius 1 is 1.47 bits per heavy atom. The van der Waals surface area contributed by atoms with Crippen molar-refractivity contribution in [3.8, 4) is 0 Å². The summed E-state index contributed by atoms with van der Waals surface area (Å²) in [4.78, 5) is 45.4. The summed E-state index contributed by atoms with van der Waals surface area (Å²) in [5.41, 5.74) is 0.